The van der Waals surface area contributed by atoms with Crippen molar-refractivity contribution in [3.63, 3.8) is 0 Å². The minimum Gasteiger partial charge on any atom is -0.454 e. The lowest BCUT2D eigenvalue weighted by molar-refractivity contribution is 0.484. The second-order valence-corrected chi connectivity index (χ2v) is 7.13. The molecular formula is C13H9Cl2N3O3S. The summed E-state index contributed by atoms with van der Waals surface area (Å²) in [5.74, 6) is 0.740. The molecule has 0 N–H and O–H groups in total. The van der Waals surface area contributed by atoms with E-state index < -0.39 is 10.0 Å². The van der Waals surface area contributed by atoms with Crippen LogP contribution in [0.25, 0.3) is 11.0 Å². The molecule has 0 saturated carbocycles. The Bertz CT molecular complexity index is 970. The van der Waals surface area contributed by atoms with E-state index >= 15 is 0 Å². The predicted octanol–water partition coefficient (Wildman–Crippen LogP) is 3.34. The van der Waals surface area contributed by atoms with Crippen molar-refractivity contribution in [3.05, 3.63) is 46.4 Å². The SMILES string of the molecule is CS(=O)(=O)n1nnc2cc(Oc3ccccc3Cl)c(Cl)cc21. The number of rotatable bonds is 3. The van der Waals surface area contributed by atoms with Gasteiger partial charge in [-0.3, -0.25) is 0 Å². The highest BCUT2D eigenvalue weighted by molar-refractivity contribution is 7.89. The molecule has 0 aliphatic heterocycles. The molecule has 0 aliphatic rings. The highest BCUT2D eigenvalue weighted by atomic mass is 35.5. The van der Waals surface area contributed by atoms with Gasteiger partial charge in [-0.2, -0.15) is 0 Å². The number of aromatic nitrogens is 3. The molecule has 0 aliphatic carbocycles. The lowest BCUT2D eigenvalue weighted by Gasteiger charge is -2.09. The monoisotopic (exact) mass is 357 g/mol. The van der Waals surface area contributed by atoms with Gasteiger partial charge in [-0.05, 0) is 18.2 Å². The maximum Gasteiger partial charge on any atom is 0.252 e. The topological polar surface area (TPSA) is 74.1 Å². The van der Waals surface area contributed by atoms with Crippen LogP contribution in [0, 0.1) is 0 Å². The van der Waals surface area contributed by atoms with E-state index in [2.05, 4.69) is 10.3 Å². The van der Waals surface area contributed by atoms with Crippen LogP contribution in [0.15, 0.2) is 36.4 Å². The second kappa shape index (κ2) is 5.42. The number of fused-ring (bicyclic) bond motifs is 1. The Balaban J connectivity index is 2.10. The zero-order chi connectivity index (χ0) is 15.9. The molecule has 114 valence electrons. The summed E-state index contributed by atoms with van der Waals surface area (Å²) in [4.78, 5) is 0. The van der Waals surface area contributed by atoms with Crippen molar-refractivity contribution in [2.24, 2.45) is 0 Å². The Hall–Kier alpha value is -1.83. The lowest BCUT2D eigenvalue weighted by Crippen LogP contribution is -2.11. The molecule has 0 bridgehead atoms. The van der Waals surface area contributed by atoms with Crippen molar-refractivity contribution in [3.8, 4) is 11.5 Å². The average molecular weight is 358 g/mol. The lowest BCUT2D eigenvalue weighted by atomic mass is 10.3. The van der Waals surface area contributed by atoms with E-state index in [0.717, 1.165) is 10.3 Å². The normalized spacial score (nSPS) is 11.8. The van der Waals surface area contributed by atoms with E-state index in [4.69, 9.17) is 27.9 Å². The summed E-state index contributed by atoms with van der Waals surface area (Å²) in [7, 11) is -3.56. The second-order valence-electron chi connectivity index (χ2n) is 4.50. The smallest absolute Gasteiger partial charge is 0.252 e. The molecule has 6 nitrogen and oxygen atoms in total. The minimum absolute atomic E-state index is 0.222. The first-order chi connectivity index (χ1) is 10.4. The third-order valence-electron chi connectivity index (χ3n) is 2.84. The Labute approximate surface area is 136 Å². The maximum absolute atomic E-state index is 11.6. The molecule has 0 unspecified atom stereocenters. The largest absolute Gasteiger partial charge is 0.454 e. The van der Waals surface area contributed by atoms with Crippen molar-refractivity contribution in [1.82, 2.24) is 14.4 Å². The van der Waals surface area contributed by atoms with E-state index in [-0.39, 0.29) is 10.5 Å². The number of para-hydroxylation sites is 1. The number of hydrogen-bond donors (Lipinski definition) is 0. The van der Waals surface area contributed by atoms with Gasteiger partial charge in [0.05, 0.1) is 16.3 Å². The van der Waals surface area contributed by atoms with Crippen LogP contribution in [0.4, 0.5) is 0 Å². The summed E-state index contributed by atoms with van der Waals surface area (Å²) in [6.07, 6.45) is 1.03. The number of nitrogens with zero attached hydrogens (tertiary/aromatic N) is 3. The molecule has 0 atom stereocenters. The quantitative estimate of drug-likeness (QED) is 0.718. The van der Waals surface area contributed by atoms with Crippen molar-refractivity contribution in [2.45, 2.75) is 0 Å². The number of hydrogen-bond acceptors (Lipinski definition) is 5. The molecule has 3 rings (SSSR count). The average Bonchev–Trinajstić information content (AvgIpc) is 2.84. The highest BCUT2D eigenvalue weighted by Gasteiger charge is 2.16. The van der Waals surface area contributed by atoms with Gasteiger partial charge in [-0.1, -0.05) is 40.5 Å². The van der Waals surface area contributed by atoms with Gasteiger partial charge in [0.2, 0.25) is 0 Å². The van der Waals surface area contributed by atoms with Crippen LogP contribution in [0.3, 0.4) is 0 Å². The molecule has 0 radical (unpaired) electrons. The van der Waals surface area contributed by atoms with Crippen LogP contribution >= 0.6 is 23.2 Å². The summed E-state index contributed by atoms with van der Waals surface area (Å²) in [5.41, 5.74) is 0.621. The van der Waals surface area contributed by atoms with Crippen LogP contribution < -0.4 is 4.74 Å². The molecule has 9 heteroatoms. The van der Waals surface area contributed by atoms with Crippen molar-refractivity contribution in [2.75, 3.05) is 6.26 Å². The standard InChI is InChI=1S/C13H9Cl2N3O3S/c1-22(19,20)18-11-6-9(15)13(7-10(11)16-17-18)21-12-5-3-2-4-8(12)14/h2-7H,1H3. The molecule has 0 fully saturated rings. The summed E-state index contributed by atoms with van der Waals surface area (Å²) < 4.78 is 29.7. The van der Waals surface area contributed by atoms with Crippen LogP contribution in [0.2, 0.25) is 10.0 Å². The fraction of sp³-hybridized carbons (Fsp3) is 0.0769. The van der Waals surface area contributed by atoms with Gasteiger partial charge in [0.1, 0.15) is 22.5 Å². The van der Waals surface area contributed by atoms with Crippen LogP contribution in [0.1, 0.15) is 0 Å². The van der Waals surface area contributed by atoms with E-state index in [9.17, 15) is 8.42 Å². The first kappa shape index (κ1) is 15.1. The Morgan fingerprint density at radius 1 is 1.09 bits per heavy atom. The molecule has 3 aromatic rings. The molecule has 0 spiro atoms. The Kier molecular flexibility index (Phi) is 3.72. The molecule has 1 aromatic heterocycles. The van der Waals surface area contributed by atoms with Crippen LogP contribution in [-0.4, -0.2) is 29.1 Å². The van der Waals surface area contributed by atoms with Gasteiger partial charge in [-0.15, -0.1) is 9.19 Å². The van der Waals surface area contributed by atoms with Gasteiger partial charge in [0, 0.05) is 6.07 Å². The maximum atomic E-state index is 11.6. The summed E-state index contributed by atoms with van der Waals surface area (Å²) in [6.45, 7) is 0. The number of benzene rings is 2. The molecule has 1 heterocycles. The first-order valence-electron chi connectivity index (χ1n) is 6.04. The molecule has 2 aromatic carbocycles. The summed E-state index contributed by atoms with van der Waals surface area (Å²) in [6, 6.07) is 9.87. The highest BCUT2D eigenvalue weighted by Crippen LogP contribution is 2.35. The summed E-state index contributed by atoms with van der Waals surface area (Å²) >= 11 is 12.2. The summed E-state index contributed by atoms with van der Waals surface area (Å²) in [5, 5.41) is 8.08. The van der Waals surface area contributed by atoms with Crippen molar-refractivity contribution >= 4 is 44.3 Å². The zero-order valence-electron chi connectivity index (χ0n) is 11.2. The zero-order valence-corrected chi connectivity index (χ0v) is 13.5. The molecular weight excluding hydrogens is 349 g/mol. The predicted molar refractivity (Wildman–Crippen MR) is 84.3 cm³/mol. The fourth-order valence-electron chi connectivity index (χ4n) is 1.87. The first-order valence-corrected chi connectivity index (χ1v) is 8.64. The van der Waals surface area contributed by atoms with Gasteiger partial charge in [0.25, 0.3) is 10.0 Å². The van der Waals surface area contributed by atoms with E-state index in [1.807, 2.05) is 0 Å². The van der Waals surface area contributed by atoms with Crippen LogP contribution in [0.5, 0.6) is 11.5 Å². The minimum atomic E-state index is -3.56. The van der Waals surface area contributed by atoms with Gasteiger partial charge in [-0.25, -0.2) is 8.42 Å². The molecule has 0 amide bonds. The number of halogens is 2. The third kappa shape index (κ3) is 2.75. The van der Waals surface area contributed by atoms with Gasteiger partial charge in [0.15, 0.2) is 0 Å². The van der Waals surface area contributed by atoms with E-state index in [1.165, 1.54) is 12.1 Å². The van der Waals surface area contributed by atoms with Gasteiger partial charge >= 0.3 is 0 Å². The van der Waals surface area contributed by atoms with Crippen LogP contribution in [-0.2, 0) is 10.0 Å². The van der Waals surface area contributed by atoms with Crippen molar-refractivity contribution < 1.29 is 13.2 Å². The Morgan fingerprint density at radius 2 is 1.82 bits per heavy atom. The van der Waals surface area contributed by atoms with E-state index in [0.29, 0.717) is 22.0 Å². The molecule has 0 saturated heterocycles. The van der Waals surface area contributed by atoms with Crippen molar-refractivity contribution in [1.29, 1.82) is 0 Å². The number of ether oxygens (including phenoxy) is 1. The van der Waals surface area contributed by atoms with E-state index in [1.54, 1.807) is 24.3 Å². The molecule has 22 heavy (non-hydrogen) atoms. The third-order valence-corrected chi connectivity index (χ3v) is 4.35. The Morgan fingerprint density at radius 3 is 2.50 bits per heavy atom. The fourth-order valence-corrected chi connectivity index (χ4v) is 2.92. The van der Waals surface area contributed by atoms with Gasteiger partial charge < -0.3 is 4.74 Å².